The lowest BCUT2D eigenvalue weighted by Gasteiger charge is -2.10. The van der Waals surface area contributed by atoms with Crippen LogP contribution in [0.2, 0.25) is 0 Å². The van der Waals surface area contributed by atoms with E-state index in [1.54, 1.807) is 12.4 Å². The lowest BCUT2D eigenvalue weighted by molar-refractivity contribution is 0.953. The molecule has 0 bridgehead atoms. The van der Waals surface area contributed by atoms with Gasteiger partial charge in [-0.3, -0.25) is 5.41 Å². The highest BCUT2D eigenvalue weighted by molar-refractivity contribution is 5.94. The Morgan fingerprint density at radius 3 is 2.82 bits per heavy atom. The lowest BCUT2D eigenvalue weighted by Crippen LogP contribution is -2.31. The molecule has 22 heavy (non-hydrogen) atoms. The maximum Gasteiger partial charge on any atom is 0.160 e. The van der Waals surface area contributed by atoms with Crippen LogP contribution in [0.15, 0.2) is 42.9 Å². The fraction of sp³-hybridized carbons (Fsp3) is 0.188. The van der Waals surface area contributed by atoms with Gasteiger partial charge in [-0.05, 0) is 17.5 Å². The second kappa shape index (κ2) is 5.95. The molecular formula is C16H18N6. The van der Waals surface area contributed by atoms with Gasteiger partial charge in [-0.1, -0.05) is 31.2 Å². The van der Waals surface area contributed by atoms with Crippen LogP contribution in [0.4, 0.5) is 0 Å². The second-order valence-corrected chi connectivity index (χ2v) is 5.05. The maximum atomic E-state index is 7.83. The molecule has 3 rings (SSSR count). The molecule has 0 aliphatic carbocycles. The Bertz CT molecular complexity index is 820. The summed E-state index contributed by atoms with van der Waals surface area (Å²) in [6.45, 7) is 2.14. The summed E-state index contributed by atoms with van der Waals surface area (Å²) < 4.78 is 1.87. The summed E-state index contributed by atoms with van der Waals surface area (Å²) in [5.74, 6) is 5.42. The zero-order chi connectivity index (χ0) is 15.5. The summed E-state index contributed by atoms with van der Waals surface area (Å²) in [6, 6.07) is 8.32. The summed E-state index contributed by atoms with van der Waals surface area (Å²) in [7, 11) is 0. The van der Waals surface area contributed by atoms with Gasteiger partial charge in [-0.15, -0.1) is 0 Å². The predicted molar refractivity (Wildman–Crippen MR) is 85.8 cm³/mol. The summed E-state index contributed by atoms with van der Waals surface area (Å²) in [5.41, 5.74) is 7.00. The number of rotatable bonds is 4. The summed E-state index contributed by atoms with van der Waals surface area (Å²) >= 11 is 0. The standard InChI is InChI=1S/C16H18N6/c1-2-11-5-3-4-6-12(11)9-13-16-19-7-8-22(16)10-14(20-13)15(17)21-18/h3-8,10H,2,9,18H2,1H3,(H2,17,21). The number of nitrogens with two attached hydrogens (primary N) is 1. The third-order valence-electron chi connectivity index (χ3n) is 3.70. The molecule has 0 saturated heterocycles. The number of imidazole rings is 1. The Morgan fingerprint density at radius 1 is 1.32 bits per heavy atom. The van der Waals surface area contributed by atoms with Crippen molar-refractivity contribution in [3.8, 4) is 0 Å². The van der Waals surface area contributed by atoms with Crippen LogP contribution in [0.3, 0.4) is 0 Å². The number of amidine groups is 1. The first-order chi connectivity index (χ1) is 10.7. The normalized spacial score (nSPS) is 10.8. The molecule has 3 aromatic rings. The van der Waals surface area contributed by atoms with Crippen LogP contribution in [0.25, 0.3) is 5.65 Å². The average Bonchev–Trinajstić information content (AvgIpc) is 3.03. The summed E-state index contributed by atoms with van der Waals surface area (Å²) in [4.78, 5) is 8.94. The number of nitrogens with one attached hydrogen (secondary N) is 2. The molecule has 0 spiro atoms. The largest absolute Gasteiger partial charge is 0.307 e. The minimum Gasteiger partial charge on any atom is -0.307 e. The van der Waals surface area contributed by atoms with Gasteiger partial charge < -0.3 is 9.83 Å². The van der Waals surface area contributed by atoms with Crippen molar-refractivity contribution < 1.29 is 0 Å². The van der Waals surface area contributed by atoms with Crippen molar-refractivity contribution in [2.75, 3.05) is 0 Å². The number of fused-ring (bicyclic) bond motifs is 1. The van der Waals surface area contributed by atoms with E-state index in [9.17, 15) is 0 Å². The number of aryl methyl sites for hydroxylation is 1. The molecule has 2 heterocycles. The van der Waals surface area contributed by atoms with Crippen molar-refractivity contribution in [2.45, 2.75) is 19.8 Å². The molecular weight excluding hydrogens is 276 g/mol. The van der Waals surface area contributed by atoms with Crippen molar-refractivity contribution in [2.24, 2.45) is 5.84 Å². The van der Waals surface area contributed by atoms with Crippen molar-refractivity contribution in [3.63, 3.8) is 0 Å². The second-order valence-electron chi connectivity index (χ2n) is 5.05. The number of hydrogen-bond acceptors (Lipinski definition) is 4. The Morgan fingerprint density at radius 2 is 2.09 bits per heavy atom. The highest BCUT2D eigenvalue weighted by atomic mass is 15.2. The van der Waals surface area contributed by atoms with Gasteiger partial charge in [-0.25, -0.2) is 15.8 Å². The molecule has 0 atom stereocenters. The topological polar surface area (TPSA) is 92.1 Å². The van der Waals surface area contributed by atoms with E-state index < -0.39 is 0 Å². The number of hydrazine groups is 1. The molecule has 1 aromatic carbocycles. The zero-order valence-electron chi connectivity index (χ0n) is 12.4. The first-order valence-corrected chi connectivity index (χ1v) is 7.17. The molecule has 112 valence electrons. The minimum atomic E-state index is 0.0839. The van der Waals surface area contributed by atoms with E-state index in [2.05, 4.69) is 34.5 Å². The molecule has 0 saturated carbocycles. The maximum absolute atomic E-state index is 7.83. The van der Waals surface area contributed by atoms with Gasteiger partial charge in [-0.2, -0.15) is 0 Å². The molecule has 0 fully saturated rings. The van der Waals surface area contributed by atoms with Crippen molar-refractivity contribution in [3.05, 3.63) is 65.4 Å². The van der Waals surface area contributed by atoms with Gasteiger partial charge in [0.1, 0.15) is 5.69 Å². The Kier molecular flexibility index (Phi) is 3.84. The van der Waals surface area contributed by atoms with Gasteiger partial charge >= 0.3 is 0 Å². The van der Waals surface area contributed by atoms with Crippen LogP contribution in [0.1, 0.15) is 29.4 Å². The monoisotopic (exact) mass is 294 g/mol. The van der Waals surface area contributed by atoms with Crippen molar-refractivity contribution >= 4 is 11.5 Å². The van der Waals surface area contributed by atoms with Crippen LogP contribution < -0.4 is 11.3 Å². The van der Waals surface area contributed by atoms with Crippen molar-refractivity contribution in [1.82, 2.24) is 19.8 Å². The van der Waals surface area contributed by atoms with Crippen molar-refractivity contribution in [1.29, 1.82) is 5.41 Å². The molecule has 4 N–H and O–H groups in total. The van der Waals surface area contributed by atoms with Crippen LogP contribution in [-0.2, 0) is 12.8 Å². The van der Waals surface area contributed by atoms with E-state index in [1.165, 1.54) is 11.1 Å². The number of benzene rings is 1. The van der Waals surface area contributed by atoms with E-state index in [0.717, 1.165) is 17.8 Å². The fourth-order valence-corrected chi connectivity index (χ4v) is 2.56. The molecule has 6 nitrogen and oxygen atoms in total. The molecule has 0 aliphatic rings. The number of nitrogens with zero attached hydrogens (tertiary/aromatic N) is 3. The highest BCUT2D eigenvalue weighted by Gasteiger charge is 2.12. The van der Waals surface area contributed by atoms with Crippen LogP contribution in [-0.4, -0.2) is 20.2 Å². The predicted octanol–water partition coefficient (Wildman–Crippen LogP) is 1.67. The Balaban J connectivity index is 2.09. The van der Waals surface area contributed by atoms with E-state index in [0.29, 0.717) is 12.1 Å². The molecule has 0 amide bonds. The van der Waals surface area contributed by atoms with Crippen LogP contribution in [0, 0.1) is 5.41 Å². The molecule has 2 aromatic heterocycles. The summed E-state index contributed by atoms with van der Waals surface area (Å²) in [5, 5.41) is 7.83. The third-order valence-corrected chi connectivity index (χ3v) is 3.70. The van der Waals surface area contributed by atoms with E-state index in [4.69, 9.17) is 11.3 Å². The van der Waals surface area contributed by atoms with Gasteiger partial charge in [0.05, 0.1) is 5.69 Å². The quantitative estimate of drug-likeness (QED) is 0.295. The average molecular weight is 294 g/mol. The fourth-order valence-electron chi connectivity index (χ4n) is 2.56. The Labute approximate surface area is 128 Å². The smallest absolute Gasteiger partial charge is 0.160 e. The number of hydrogen-bond donors (Lipinski definition) is 3. The molecule has 0 unspecified atom stereocenters. The van der Waals surface area contributed by atoms with E-state index >= 15 is 0 Å². The summed E-state index contributed by atoms with van der Waals surface area (Å²) in [6.07, 6.45) is 6.98. The highest BCUT2D eigenvalue weighted by Crippen LogP contribution is 2.17. The van der Waals surface area contributed by atoms with Gasteiger partial charge in [0.15, 0.2) is 11.5 Å². The SMILES string of the molecule is CCc1ccccc1Cc1nc(C(=N)NN)cn2ccnc12. The lowest BCUT2D eigenvalue weighted by atomic mass is 10.0. The van der Waals surface area contributed by atoms with Gasteiger partial charge in [0.2, 0.25) is 0 Å². The zero-order valence-corrected chi connectivity index (χ0v) is 12.4. The Hall–Kier alpha value is -2.73. The first kappa shape index (κ1) is 14.2. The molecule has 6 heteroatoms. The van der Waals surface area contributed by atoms with E-state index in [-0.39, 0.29) is 5.84 Å². The van der Waals surface area contributed by atoms with Crippen LogP contribution in [0.5, 0.6) is 0 Å². The third kappa shape index (κ3) is 2.56. The first-order valence-electron chi connectivity index (χ1n) is 7.17. The van der Waals surface area contributed by atoms with Gasteiger partial charge in [0, 0.05) is 25.0 Å². The van der Waals surface area contributed by atoms with E-state index in [1.807, 2.05) is 22.7 Å². The molecule has 0 aliphatic heterocycles. The minimum absolute atomic E-state index is 0.0839. The van der Waals surface area contributed by atoms with Crippen LogP contribution >= 0.6 is 0 Å². The number of aromatic nitrogens is 3. The molecule has 0 radical (unpaired) electrons. The van der Waals surface area contributed by atoms with Gasteiger partial charge in [0.25, 0.3) is 0 Å².